The molecule has 32 heavy (non-hydrogen) atoms. The van der Waals surface area contributed by atoms with Gasteiger partial charge in [-0.25, -0.2) is 4.98 Å². The maximum Gasteiger partial charge on any atom is 0.251 e. The van der Waals surface area contributed by atoms with E-state index in [9.17, 15) is 4.79 Å². The van der Waals surface area contributed by atoms with E-state index in [2.05, 4.69) is 25.1 Å². The van der Waals surface area contributed by atoms with Crippen molar-refractivity contribution in [3.8, 4) is 11.3 Å². The van der Waals surface area contributed by atoms with E-state index in [1.807, 2.05) is 74.0 Å². The fourth-order valence-electron chi connectivity index (χ4n) is 3.71. The minimum Gasteiger partial charge on any atom is -0.368 e. The highest BCUT2D eigenvalue weighted by molar-refractivity contribution is 5.95. The van der Waals surface area contributed by atoms with Crippen LogP contribution in [0.1, 0.15) is 10.4 Å². The number of benzene rings is 1. The summed E-state index contributed by atoms with van der Waals surface area (Å²) < 4.78 is 0. The number of piperazine rings is 1. The van der Waals surface area contributed by atoms with E-state index >= 15 is 0 Å². The standard InChI is InChI=1S/C24H29N7O/c1-29(2)11-10-27-24(32)20-5-3-4-19(16-20)22-17-26-18-23(28-22)31-14-12-30(13-15-31)21-6-8-25-9-7-21/h3-9,16-18H,10-15H2,1-2H3,(H,27,32). The Kier molecular flexibility index (Phi) is 6.91. The van der Waals surface area contributed by atoms with Gasteiger partial charge in [-0.15, -0.1) is 0 Å². The van der Waals surface area contributed by atoms with Crippen molar-refractivity contribution in [2.75, 3.05) is 63.2 Å². The Balaban J connectivity index is 1.43. The molecule has 1 aromatic carbocycles. The summed E-state index contributed by atoms with van der Waals surface area (Å²) in [6, 6.07) is 11.6. The molecule has 0 atom stereocenters. The lowest BCUT2D eigenvalue weighted by Crippen LogP contribution is -2.46. The molecule has 1 aliphatic rings. The first-order valence-corrected chi connectivity index (χ1v) is 10.9. The lowest BCUT2D eigenvalue weighted by atomic mass is 10.1. The smallest absolute Gasteiger partial charge is 0.251 e. The summed E-state index contributed by atoms with van der Waals surface area (Å²) >= 11 is 0. The second-order valence-electron chi connectivity index (χ2n) is 8.08. The first kappa shape index (κ1) is 21.7. The minimum atomic E-state index is -0.0787. The average molecular weight is 432 g/mol. The van der Waals surface area contributed by atoms with Crippen LogP contribution in [-0.2, 0) is 0 Å². The van der Waals surface area contributed by atoms with E-state index in [0.29, 0.717) is 12.1 Å². The Morgan fingerprint density at radius 1 is 1.00 bits per heavy atom. The molecule has 0 radical (unpaired) electrons. The van der Waals surface area contributed by atoms with Crippen LogP contribution in [0, 0.1) is 0 Å². The van der Waals surface area contributed by atoms with Gasteiger partial charge < -0.3 is 20.0 Å². The van der Waals surface area contributed by atoms with Crippen LogP contribution >= 0.6 is 0 Å². The van der Waals surface area contributed by atoms with Gasteiger partial charge in [0.15, 0.2) is 0 Å². The predicted molar refractivity (Wildman–Crippen MR) is 127 cm³/mol. The summed E-state index contributed by atoms with van der Waals surface area (Å²) in [5.74, 6) is 0.780. The van der Waals surface area contributed by atoms with E-state index in [4.69, 9.17) is 4.98 Å². The molecule has 3 aromatic rings. The second kappa shape index (κ2) is 10.2. The normalized spacial score (nSPS) is 14.0. The van der Waals surface area contributed by atoms with Crippen LogP contribution in [0.3, 0.4) is 0 Å². The van der Waals surface area contributed by atoms with Gasteiger partial charge in [-0.3, -0.25) is 14.8 Å². The Bertz CT molecular complexity index is 1030. The topological polar surface area (TPSA) is 77.5 Å². The van der Waals surface area contributed by atoms with Gasteiger partial charge in [0, 0.05) is 68.5 Å². The number of nitrogens with zero attached hydrogens (tertiary/aromatic N) is 6. The van der Waals surface area contributed by atoms with Crippen LogP contribution in [-0.4, -0.2) is 79.1 Å². The molecule has 0 unspecified atom stereocenters. The number of hydrogen-bond acceptors (Lipinski definition) is 7. The number of hydrogen-bond donors (Lipinski definition) is 1. The van der Waals surface area contributed by atoms with Gasteiger partial charge in [-0.1, -0.05) is 12.1 Å². The fourth-order valence-corrected chi connectivity index (χ4v) is 3.71. The van der Waals surface area contributed by atoms with Gasteiger partial charge in [0.05, 0.1) is 18.1 Å². The van der Waals surface area contributed by atoms with Crippen LogP contribution in [0.5, 0.6) is 0 Å². The number of aromatic nitrogens is 3. The SMILES string of the molecule is CN(C)CCNC(=O)c1cccc(-c2cncc(N3CCN(c4ccncc4)CC3)n2)c1. The molecule has 1 amide bonds. The zero-order valence-corrected chi connectivity index (χ0v) is 18.6. The van der Waals surface area contributed by atoms with Crippen molar-refractivity contribution in [1.82, 2.24) is 25.2 Å². The number of carbonyl (C=O) groups is 1. The Morgan fingerprint density at radius 3 is 2.50 bits per heavy atom. The maximum absolute atomic E-state index is 12.5. The molecular formula is C24H29N7O. The van der Waals surface area contributed by atoms with E-state index < -0.39 is 0 Å². The van der Waals surface area contributed by atoms with Gasteiger partial charge in [0.25, 0.3) is 5.91 Å². The largest absolute Gasteiger partial charge is 0.368 e. The number of likely N-dealkylation sites (N-methyl/N-ethyl adjacent to an activating group) is 1. The molecule has 2 aromatic heterocycles. The van der Waals surface area contributed by atoms with Gasteiger partial charge >= 0.3 is 0 Å². The van der Waals surface area contributed by atoms with Crippen molar-refractivity contribution in [2.24, 2.45) is 0 Å². The monoisotopic (exact) mass is 431 g/mol. The molecule has 1 N–H and O–H groups in total. The molecule has 1 fully saturated rings. The van der Waals surface area contributed by atoms with Gasteiger partial charge in [-0.2, -0.15) is 0 Å². The summed E-state index contributed by atoms with van der Waals surface area (Å²) in [6.45, 7) is 4.98. The highest BCUT2D eigenvalue weighted by atomic mass is 16.1. The van der Waals surface area contributed by atoms with Gasteiger partial charge in [0.1, 0.15) is 5.82 Å². The van der Waals surface area contributed by atoms with Crippen LogP contribution < -0.4 is 15.1 Å². The quantitative estimate of drug-likeness (QED) is 0.614. The third-order valence-electron chi connectivity index (χ3n) is 5.52. The number of amides is 1. The van der Waals surface area contributed by atoms with Crippen LogP contribution in [0.25, 0.3) is 11.3 Å². The first-order chi connectivity index (χ1) is 15.6. The highest BCUT2D eigenvalue weighted by Gasteiger charge is 2.19. The molecule has 4 rings (SSSR count). The van der Waals surface area contributed by atoms with E-state index in [1.54, 1.807) is 6.20 Å². The lowest BCUT2D eigenvalue weighted by Gasteiger charge is -2.36. The third-order valence-corrected chi connectivity index (χ3v) is 5.52. The third kappa shape index (κ3) is 5.39. The zero-order valence-electron chi connectivity index (χ0n) is 18.6. The molecular weight excluding hydrogens is 402 g/mol. The van der Waals surface area contributed by atoms with Gasteiger partial charge in [-0.05, 0) is 38.4 Å². The lowest BCUT2D eigenvalue weighted by molar-refractivity contribution is 0.0951. The number of carbonyl (C=O) groups excluding carboxylic acids is 1. The molecule has 1 saturated heterocycles. The van der Waals surface area contributed by atoms with E-state index in [-0.39, 0.29) is 5.91 Å². The first-order valence-electron chi connectivity index (χ1n) is 10.9. The van der Waals surface area contributed by atoms with Gasteiger partial charge in [0.2, 0.25) is 0 Å². The summed E-state index contributed by atoms with van der Waals surface area (Å²) in [5.41, 5.74) is 3.47. The Hall–Kier alpha value is -3.52. The molecule has 0 aliphatic carbocycles. The number of pyridine rings is 1. The van der Waals surface area contributed by atoms with Crippen molar-refractivity contribution in [3.05, 3.63) is 66.7 Å². The van der Waals surface area contributed by atoms with E-state index in [1.165, 1.54) is 5.69 Å². The second-order valence-corrected chi connectivity index (χ2v) is 8.08. The fraction of sp³-hybridized carbons (Fsp3) is 0.333. The Morgan fingerprint density at radius 2 is 1.75 bits per heavy atom. The molecule has 166 valence electrons. The maximum atomic E-state index is 12.5. The van der Waals surface area contributed by atoms with Crippen molar-refractivity contribution >= 4 is 17.4 Å². The molecule has 0 saturated carbocycles. The van der Waals surface area contributed by atoms with Crippen molar-refractivity contribution in [2.45, 2.75) is 0 Å². The summed E-state index contributed by atoms with van der Waals surface area (Å²) in [4.78, 5) is 32.5. The van der Waals surface area contributed by atoms with Crippen molar-refractivity contribution in [1.29, 1.82) is 0 Å². The number of rotatable bonds is 7. The molecule has 3 heterocycles. The molecule has 0 bridgehead atoms. The van der Waals surface area contributed by atoms with Crippen molar-refractivity contribution in [3.63, 3.8) is 0 Å². The summed E-state index contributed by atoms with van der Waals surface area (Å²) in [7, 11) is 3.97. The van der Waals surface area contributed by atoms with Crippen LogP contribution in [0.4, 0.5) is 11.5 Å². The molecule has 0 spiro atoms. The number of nitrogens with one attached hydrogen (secondary N) is 1. The summed E-state index contributed by atoms with van der Waals surface area (Å²) in [6.07, 6.45) is 7.21. The number of anilines is 2. The van der Waals surface area contributed by atoms with Crippen LogP contribution in [0.15, 0.2) is 61.2 Å². The molecule has 8 heteroatoms. The molecule has 1 aliphatic heterocycles. The minimum absolute atomic E-state index is 0.0787. The average Bonchev–Trinajstić information content (AvgIpc) is 2.84. The molecule has 8 nitrogen and oxygen atoms in total. The highest BCUT2D eigenvalue weighted by Crippen LogP contribution is 2.22. The zero-order chi connectivity index (χ0) is 22.3. The predicted octanol–water partition coefficient (Wildman–Crippen LogP) is 2.16. The summed E-state index contributed by atoms with van der Waals surface area (Å²) in [5, 5.41) is 2.96. The van der Waals surface area contributed by atoms with Crippen molar-refractivity contribution < 1.29 is 4.79 Å². The van der Waals surface area contributed by atoms with E-state index in [0.717, 1.165) is 49.8 Å². The van der Waals surface area contributed by atoms with Crippen LogP contribution in [0.2, 0.25) is 0 Å². The Labute approximate surface area is 188 Å².